The molecule has 1 aromatic heterocycles. The molecular formula is C10H7BrFN3O3. The Balaban J connectivity index is 2.48. The Morgan fingerprint density at radius 2 is 2.33 bits per heavy atom. The lowest BCUT2D eigenvalue weighted by atomic mass is 10.3. The molecule has 2 rings (SSSR count). The molecule has 6 nitrogen and oxygen atoms in total. The van der Waals surface area contributed by atoms with E-state index in [1.807, 2.05) is 0 Å². The van der Waals surface area contributed by atoms with Crippen molar-refractivity contribution >= 4 is 27.5 Å². The minimum absolute atomic E-state index is 0.149. The molecule has 18 heavy (non-hydrogen) atoms. The molecule has 0 fully saturated rings. The third-order valence-corrected chi connectivity index (χ3v) is 2.63. The topological polar surface area (TPSA) is 85.3 Å². The van der Waals surface area contributed by atoms with Gasteiger partial charge in [-0.3, -0.25) is 9.52 Å². The second-order valence-corrected chi connectivity index (χ2v) is 4.32. The number of hydrogen-bond acceptors (Lipinski definition) is 4. The van der Waals surface area contributed by atoms with Crippen LogP contribution in [0.3, 0.4) is 0 Å². The van der Waals surface area contributed by atoms with E-state index in [0.29, 0.717) is 4.47 Å². The molecule has 0 aliphatic rings. The molecule has 0 amide bonds. The van der Waals surface area contributed by atoms with Gasteiger partial charge in [0.05, 0.1) is 11.6 Å². The fourth-order valence-corrected chi connectivity index (χ4v) is 1.64. The molecular weight excluding hydrogens is 309 g/mol. The largest absolute Gasteiger partial charge is 0.854 e. The molecule has 94 valence electrons. The number of benzene rings is 1. The Kier molecular flexibility index (Phi) is 3.28. The van der Waals surface area contributed by atoms with Crippen LogP contribution >= 0.6 is 15.9 Å². The highest BCUT2D eigenvalue weighted by atomic mass is 79.9. The monoisotopic (exact) mass is 315 g/mol. The van der Waals surface area contributed by atoms with E-state index in [0.717, 1.165) is 4.68 Å². The molecule has 0 bridgehead atoms. The Hall–Kier alpha value is -1.96. The van der Waals surface area contributed by atoms with Gasteiger partial charge in [0.15, 0.2) is 7.05 Å². The highest BCUT2D eigenvalue weighted by molar-refractivity contribution is 9.10. The van der Waals surface area contributed by atoms with E-state index >= 15 is 0 Å². The highest BCUT2D eigenvalue weighted by Gasteiger charge is 2.17. The lowest BCUT2D eigenvalue weighted by Gasteiger charge is -2.04. The van der Waals surface area contributed by atoms with Crippen LogP contribution in [0.2, 0.25) is 0 Å². The molecule has 1 aromatic carbocycles. The van der Waals surface area contributed by atoms with Crippen LogP contribution in [0.1, 0.15) is 5.69 Å². The first-order valence-electron chi connectivity index (χ1n) is 4.77. The van der Waals surface area contributed by atoms with Crippen molar-refractivity contribution in [3.63, 3.8) is 0 Å². The molecule has 2 aromatic rings. The van der Waals surface area contributed by atoms with Gasteiger partial charge in [0.2, 0.25) is 0 Å². The average Bonchev–Trinajstić information content (AvgIpc) is 2.62. The molecule has 0 saturated heterocycles. The van der Waals surface area contributed by atoms with Gasteiger partial charge in [-0.25, -0.2) is 9.18 Å². The molecule has 1 N–H and O–H groups in total. The number of aromatic amines is 1. The van der Waals surface area contributed by atoms with E-state index in [-0.39, 0.29) is 11.4 Å². The van der Waals surface area contributed by atoms with Crippen LogP contribution in [0.4, 0.5) is 10.1 Å². The third kappa shape index (κ3) is 2.33. The Morgan fingerprint density at radius 1 is 1.61 bits per heavy atom. The van der Waals surface area contributed by atoms with Gasteiger partial charge in [-0.15, -0.1) is 0 Å². The number of nitrogens with one attached hydrogen (secondary N) is 1. The lowest BCUT2D eigenvalue weighted by molar-refractivity contribution is -0.742. The zero-order valence-electron chi connectivity index (χ0n) is 9.11. The molecule has 0 unspecified atom stereocenters. The van der Waals surface area contributed by atoms with E-state index in [9.17, 15) is 14.3 Å². The van der Waals surface area contributed by atoms with Crippen LogP contribution in [-0.4, -0.2) is 11.2 Å². The van der Waals surface area contributed by atoms with Crippen molar-refractivity contribution in [2.24, 2.45) is 12.0 Å². The molecule has 0 atom stereocenters. The molecule has 1 heterocycles. The summed E-state index contributed by atoms with van der Waals surface area (Å²) in [5.41, 5.74) is -1.31. The maximum Gasteiger partial charge on any atom is 0.435 e. The van der Waals surface area contributed by atoms with Crippen molar-refractivity contribution in [3.8, 4) is 0 Å². The van der Waals surface area contributed by atoms with E-state index in [2.05, 4.69) is 30.7 Å². The number of halogens is 2. The van der Waals surface area contributed by atoms with Gasteiger partial charge in [-0.2, -0.15) is 0 Å². The maximum atomic E-state index is 13.5. The smallest absolute Gasteiger partial charge is 0.435 e. The number of rotatable bonds is 2. The Morgan fingerprint density at radius 3 is 2.89 bits per heavy atom. The zero-order valence-corrected chi connectivity index (χ0v) is 10.7. The number of aryl methyl sites for hydroxylation is 1. The van der Waals surface area contributed by atoms with E-state index in [1.165, 1.54) is 25.2 Å². The van der Waals surface area contributed by atoms with Crippen molar-refractivity contribution in [1.29, 1.82) is 0 Å². The predicted octanol–water partition coefficient (Wildman–Crippen LogP) is 0.133. The first kappa shape index (κ1) is 12.5. The molecule has 0 saturated carbocycles. The van der Waals surface area contributed by atoms with Crippen LogP contribution in [0, 0.1) is 5.82 Å². The maximum absolute atomic E-state index is 13.5. The predicted molar refractivity (Wildman–Crippen MR) is 60.8 cm³/mol. The molecule has 0 aliphatic heterocycles. The minimum Gasteiger partial charge on any atom is -0.854 e. The average molecular weight is 316 g/mol. The van der Waals surface area contributed by atoms with Crippen LogP contribution in [0.5, 0.6) is 0 Å². The Bertz CT molecular complexity index is 677. The number of hydrogen-bond donors (Lipinski definition) is 1. The van der Waals surface area contributed by atoms with Crippen LogP contribution in [0.15, 0.2) is 37.0 Å². The van der Waals surface area contributed by atoms with E-state index < -0.39 is 17.3 Å². The molecule has 0 aliphatic carbocycles. The zero-order chi connectivity index (χ0) is 13.3. The first-order chi connectivity index (χ1) is 8.49. The summed E-state index contributed by atoms with van der Waals surface area (Å²) in [6.07, 6.45) is 0. The fourth-order valence-electron chi connectivity index (χ4n) is 1.31. The van der Waals surface area contributed by atoms with Crippen LogP contribution in [-0.2, 0) is 7.05 Å². The summed E-state index contributed by atoms with van der Waals surface area (Å²) in [6, 6.07) is 4.03. The first-order valence-corrected chi connectivity index (χ1v) is 5.57. The van der Waals surface area contributed by atoms with Crippen molar-refractivity contribution in [3.05, 3.63) is 44.6 Å². The summed E-state index contributed by atoms with van der Waals surface area (Å²) < 4.78 is 19.5. The van der Waals surface area contributed by atoms with Gasteiger partial charge < -0.3 is 5.11 Å². The summed E-state index contributed by atoms with van der Waals surface area (Å²) in [5.74, 6) is -1.55. The van der Waals surface area contributed by atoms with Gasteiger partial charge in [-0.05, 0) is 23.5 Å². The standard InChI is InChI=1S/C10H7BrFN3O3/c1-15-8(10(17)18-14-15)9(16)13-7-3-2-5(11)4-6(7)12/h2-4H,1H3,(H-,13,14,16,17). The van der Waals surface area contributed by atoms with Gasteiger partial charge in [0, 0.05) is 4.47 Å². The number of aromatic nitrogens is 2. The van der Waals surface area contributed by atoms with Gasteiger partial charge in [0.1, 0.15) is 5.82 Å². The van der Waals surface area contributed by atoms with E-state index in [4.69, 9.17) is 0 Å². The molecule has 0 radical (unpaired) electrons. The second kappa shape index (κ2) is 4.73. The van der Waals surface area contributed by atoms with Gasteiger partial charge >= 0.3 is 11.3 Å². The second-order valence-electron chi connectivity index (χ2n) is 3.40. The summed E-state index contributed by atoms with van der Waals surface area (Å²) in [4.78, 5) is 14.7. The van der Waals surface area contributed by atoms with E-state index in [1.54, 1.807) is 0 Å². The Labute approximate surface area is 108 Å². The number of H-pyrrole nitrogens is 1. The fraction of sp³-hybridized carbons (Fsp3) is 0.100. The molecule has 0 spiro atoms. The normalized spacial score (nSPS) is 11.8. The number of nitrogens with zero attached hydrogens (tertiary/aromatic N) is 2. The summed E-state index contributed by atoms with van der Waals surface area (Å²) in [5, 5.41) is 13.9. The van der Waals surface area contributed by atoms with Crippen molar-refractivity contribution < 1.29 is 18.7 Å². The summed E-state index contributed by atoms with van der Waals surface area (Å²) in [6.45, 7) is 0. The number of aliphatic imine (C=N–C) groups is 1. The third-order valence-electron chi connectivity index (χ3n) is 2.14. The quantitative estimate of drug-likeness (QED) is 0.485. The van der Waals surface area contributed by atoms with Crippen LogP contribution < -0.4 is 15.4 Å². The van der Waals surface area contributed by atoms with Gasteiger partial charge in [0.25, 0.3) is 0 Å². The minimum atomic E-state index is -0.881. The van der Waals surface area contributed by atoms with Crippen LogP contribution in [0.25, 0.3) is 0 Å². The SMILES string of the molecule is C[n+]1[nH]oc(=O)c1C([O-])=Nc1ccc(Br)cc1F. The van der Waals surface area contributed by atoms with Gasteiger partial charge in [-0.1, -0.05) is 20.6 Å². The van der Waals surface area contributed by atoms with Crippen molar-refractivity contribution in [2.45, 2.75) is 0 Å². The molecule has 8 heteroatoms. The van der Waals surface area contributed by atoms with Crippen molar-refractivity contribution in [1.82, 2.24) is 5.27 Å². The van der Waals surface area contributed by atoms with Crippen molar-refractivity contribution in [2.75, 3.05) is 0 Å². The highest BCUT2D eigenvalue weighted by Crippen LogP contribution is 2.21. The lowest BCUT2D eigenvalue weighted by Crippen LogP contribution is -2.43. The summed E-state index contributed by atoms with van der Waals surface area (Å²) in [7, 11) is 1.41. The summed E-state index contributed by atoms with van der Waals surface area (Å²) >= 11 is 3.08.